The fourth-order valence-electron chi connectivity index (χ4n) is 4.47. The number of carbonyl (C=O) groups excluding carboxylic acids is 1. The molecular weight excluding hydrogens is 408 g/mol. The highest BCUT2D eigenvalue weighted by molar-refractivity contribution is 6.30. The van der Waals surface area contributed by atoms with Gasteiger partial charge >= 0.3 is 6.09 Å². The Morgan fingerprint density at radius 3 is 2.42 bits per heavy atom. The Labute approximate surface area is 191 Å². The lowest BCUT2D eigenvalue weighted by Crippen LogP contribution is -2.52. The van der Waals surface area contributed by atoms with Crippen molar-refractivity contribution in [3.05, 3.63) is 70.7 Å². The summed E-state index contributed by atoms with van der Waals surface area (Å²) in [7, 11) is 1.86. The smallest absolute Gasteiger partial charge is 0.410 e. The molecule has 0 spiro atoms. The molecule has 3 rings (SSSR count). The van der Waals surface area contributed by atoms with Crippen LogP contribution in [0.5, 0.6) is 0 Å². The maximum absolute atomic E-state index is 13.0. The highest BCUT2D eigenvalue weighted by atomic mass is 35.5. The number of benzene rings is 2. The molecule has 2 aromatic carbocycles. The van der Waals surface area contributed by atoms with Crippen molar-refractivity contribution in [3.8, 4) is 0 Å². The molecule has 0 heterocycles. The number of halogens is 1. The van der Waals surface area contributed by atoms with Crippen LogP contribution in [0, 0.1) is 0 Å². The summed E-state index contributed by atoms with van der Waals surface area (Å²) in [5.41, 5.74) is 1.49. The van der Waals surface area contributed by atoms with Gasteiger partial charge in [0.1, 0.15) is 5.60 Å². The summed E-state index contributed by atoms with van der Waals surface area (Å²) in [4.78, 5) is 14.8. The molecule has 1 aliphatic rings. The predicted molar refractivity (Wildman–Crippen MR) is 128 cm³/mol. The minimum Gasteiger partial charge on any atom is -0.444 e. The van der Waals surface area contributed by atoms with Crippen LogP contribution in [0.1, 0.15) is 57.6 Å². The minimum absolute atomic E-state index is 0.289. The highest BCUT2D eigenvalue weighted by Crippen LogP contribution is 2.43. The zero-order valence-corrected chi connectivity index (χ0v) is 19.9. The summed E-state index contributed by atoms with van der Waals surface area (Å²) in [6.07, 6.45) is 4.46. The number of carbonyl (C=O) groups is 1. The Morgan fingerprint density at radius 1 is 1.13 bits per heavy atom. The lowest BCUT2D eigenvalue weighted by Gasteiger charge is -2.47. The fraction of sp³-hybridized carbons (Fsp3) is 0.500. The molecular formula is C26H35ClN2O2. The van der Waals surface area contributed by atoms with E-state index in [1.807, 2.05) is 46.0 Å². The van der Waals surface area contributed by atoms with Crippen molar-refractivity contribution in [1.29, 1.82) is 0 Å². The molecule has 31 heavy (non-hydrogen) atoms. The van der Waals surface area contributed by atoms with Crippen LogP contribution in [-0.4, -0.2) is 36.2 Å². The number of ether oxygens (including phenoxy) is 1. The Bertz CT molecular complexity index is 855. The van der Waals surface area contributed by atoms with Gasteiger partial charge in [0.15, 0.2) is 0 Å². The summed E-state index contributed by atoms with van der Waals surface area (Å²) < 4.78 is 5.71. The molecule has 1 fully saturated rings. The third-order valence-electron chi connectivity index (χ3n) is 6.17. The summed E-state index contributed by atoms with van der Waals surface area (Å²) in [6.45, 7) is 6.66. The summed E-state index contributed by atoms with van der Waals surface area (Å²) in [5, 5.41) is 4.41. The Balaban J connectivity index is 1.69. The quantitative estimate of drug-likeness (QED) is 0.580. The molecule has 168 valence electrons. The number of amides is 1. The van der Waals surface area contributed by atoms with Gasteiger partial charge in [-0.2, -0.15) is 0 Å². The standard InChI is InChI=1S/C26H35ClN2O2/c1-25(2,3)31-24(30)29(4)26(21-11-8-12-22(27)19-21)16-13-23(14-17-26)28-18-15-20-9-6-5-7-10-20/h5-12,19,23,28H,13-18H2,1-4H3. The van der Waals surface area contributed by atoms with Gasteiger partial charge in [0.2, 0.25) is 0 Å². The first-order valence-electron chi connectivity index (χ1n) is 11.2. The molecule has 0 atom stereocenters. The first-order valence-corrected chi connectivity index (χ1v) is 11.6. The Kier molecular flexibility index (Phi) is 7.66. The molecule has 1 aliphatic carbocycles. The first-order chi connectivity index (χ1) is 14.7. The number of nitrogens with zero attached hydrogens (tertiary/aromatic N) is 1. The number of nitrogens with one attached hydrogen (secondary N) is 1. The van der Waals surface area contributed by atoms with Gasteiger partial charge in [0.05, 0.1) is 5.54 Å². The van der Waals surface area contributed by atoms with Crippen molar-refractivity contribution in [1.82, 2.24) is 10.2 Å². The van der Waals surface area contributed by atoms with E-state index >= 15 is 0 Å². The molecule has 0 aromatic heterocycles. The van der Waals surface area contributed by atoms with Gasteiger partial charge < -0.3 is 15.0 Å². The normalized spacial score (nSPS) is 21.5. The molecule has 1 N–H and O–H groups in total. The minimum atomic E-state index is -0.531. The number of rotatable bonds is 6. The summed E-state index contributed by atoms with van der Waals surface area (Å²) in [6, 6.07) is 18.9. The lowest BCUT2D eigenvalue weighted by atomic mass is 9.74. The van der Waals surface area contributed by atoms with Crippen molar-refractivity contribution in [2.75, 3.05) is 13.6 Å². The fourth-order valence-corrected chi connectivity index (χ4v) is 4.66. The predicted octanol–water partition coefficient (Wildman–Crippen LogP) is 6.18. The zero-order valence-electron chi connectivity index (χ0n) is 19.2. The second kappa shape index (κ2) is 10.1. The van der Waals surface area contributed by atoms with E-state index in [2.05, 4.69) is 41.7 Å². The molecule has 0 saturated heterocycles. The van der Waals surface area contributed by atoms with Crippen LogP contribution in [0.3, 0.4) is 0 Å². The lowest BCUT2D eigenvalue weighted by molar-refractivity contribution is -0.00780. The van der Waals surface area contributed by atoms with E-state index in [4.69, 9.17) is 16.3 Å². The Morgan fingerprint density at radius 2 is 1.81 bits per heavy atom. The molecule has 2 aromatic rings. The van der Waals surface area contributed by atoms with Gasteiger partial charge in [-0.15, -0.1) is 0 Å². The van der Waals surface area contributed by atoms with Crippen molar-refractivity contribution in [3.63, 3.8) is 0 Å². The molecule has 1 saturated carbocycles. The van der Waals surface area contributed by atoms with Crippen LogP contribution in [0.2, 0.25) is 5.02 Å². The third kappa shape index (κ3) is 6.24. The average molecular weight is 443 g/mol. The summed E-state index contributed by atoms with van der Waals surface area (Å²) >= 11 is 6.33. The van der Waals surface area contributed by atoms with Crippen LogP contribution in [0.25, 0.3) is 0 Å². The first kappa shape index (κ1) is 23.6. The van der Waals surface area contributed by atoms with Gasteiger partial charge in [-0.1, -0.05) is 54.1 Å². The van der Waals surface area contributed by atoms with Crippen molar-refractivity contribution < 1.29 is 9.53 Å². The summed E-state index contributed by atoms with van der Waals surface area (Å²) in [5.74, 6) is 0. The molecule has 0 aliphatic heterocycles. The number of hydrogen-bond acceptors (Lipinski definition) is 3. The molecule has 5 heteroatoms. The largest absolute Gasteiger partial charge is 0.444 e. The topological polar surface area (TPSA) is 41.6 Å². The van der Waals surface area contributed by atoms with Crippen LogP contribution in [-0.2, 0) is 16.7 Å². The third-order valence-corrected chi connectivity index (χ3v) is 6.41. The van der Waals surface area contributed by atoms with Crippen molar-refractivity contribution in [2.24, 2.45) is 0 Å². The second-order valence-electron chi connectivity index (χ2n) is 9.55. The van der Waals surface area contributed by atoms with E-state index < -0.39 is 11.1 Å². The van der Waals surface area contributed by atoms with E-state index in [0.29, 0.717) is 11.1 Å². The van der Waals surface area contributed by atoms with Gasteiger partial charge in [-0.3, -0.25) is 0 Å². The SMILES string of the molecule is CN(C(=O)OC(C)(C)C)C1(c2cccc(Cl)c2)CCC(NCCc2ccccc2)CC1. The highest BCUT2D eigenvalue weighted by Gasteiger charge is 2.43. The maximum atomic E-state index is 13.0. The average Bonchev–Trinajstić information content (AvgIpc) is 2.73. The van der Waals surface area contributed by atoms with Crippen molar-refractivity contribution >= 4 is 17.7 Å². The van der Waals surface area contributed by atoms with Gasteiger partial charge in [0, 0.05) is 18.1 Å². The molecule has 0 unspecified atom stereocenters. The Hall–Kier alpha value is -2.04. The van der Waals surface area contributed by atoms with Crippen molar-refractivity contribution in [2.45, 2.75) is 70.1 Å². The molecule has 0 radical (unpaired) electrons. The van der Waals surface area contributed by atoms with Gasteiger partial charge in [-0.05, 0) is 82.7 Å². The van der Waals surface area contributed by atoms with Gasteiger partial charge in [-0.25, -0.2) is 4.79 Å². The van der Waals surface area contributed by atoms with Crippen LogP contribution in [0.4, 0.5) is 4.79 Å². The van der Waals surface area contributed by atoms with Gasteiger partial charge in [0.25, 0.3) is 0 Å². The van der Waals surface area contributed by atoms with Crippen LogP contribution in [0.15, 0.2) is 54.6 Å². The van der Waals surface area contributed by atoms with E-state index in [-0.39, 0.29) is 6.09 Å². The van der Waals surface area contributed by atoms with E-state index in [9.17, 15) is 4.79 Å². The van der Waals surface area contributed by atoms with Crippen LogP contribution < -0.4 is 5.32 Å². The van der Waals surface area contributed by atoms with E-state index in [1.54, 1.807) is 4.90 Å². The maximum Gasteiger partial charge on any atom is 0.410 e. The number of hydrogen-bond donors (Lipinski definition) is 1. The van der Waals surface area contributed by atoms with E-state index in [1.165, 1.54) is 5.56 Å². The molecule has 4 nitrogen and oxygen atoms in total. The van der Waals surface area contributed by atoms with E-state index in [0.717, 1.165) is 44.2 Å². The molecule has 1 amide bonds. The second-order valence-corrected chi connectivity index (χ2v) is 9.98. The molecule has 0 bridgehead atoms. The zero-order chi connectivity index (χ0) is 22.5. The monoisotopic (exact) mass is 442 g/mol. The van der Waals surface area contributed by atoms with Crippen LogP contribution >= 0.6 is 11.6 Å².